The molecule has 7 heteroatoms. The second kappa shape index (κ2) is 10.2. The minimum atomic E-state index is -0.835. The maximum atomic E-state index is 11.6. The Morgan fingerprint density at radius 2 is 1.31 bits per heavy atom. The number of carbonyl (C=O) groups excluding carboxylic acids is 1. The fourth-order valence-electron chi connectivity index (χ4n) is 2.94. The van der Waals surface area contributed by atoms with Crippen molar-refractivity contribution in [3.63, 3.8) is 0 Å². The lowest BCUT2D eigenvalue weighted by molar-refractivity contribution is 0.0531. The van der Waals surface area contributed by atoms with E-state index < -0.39 is 5.97 Å². The SMILES string of the molecule is CCOC(=O)c1sc2ccccc2c1C.Cc1c(C(=O)O)sc2ccccc12.I. The molecule has 29 heavy (non-hydrogen) atoms. The second-order valence-corrected chi connectivity index (χ2v) is 8.23. The van der Waals surface area contributed by atoms with Gasteiger partial charge < -0.3 is 9.84 Å². The summed E-state index contributed by atoms with van der Waals surface area (Å²) in [6, 6.07) is 15.8. The third-order valence-electron chi connectivity index (χ3n) is 4.34. The van der Waals surface area contributed by atoms with Crippen LogP contribution in [0.1, 0.15) is 37.4 Å². The first-order valence-electron chi connectivity index (χ1n) is 8.80. The molecule has 0 amide bonds. The number of fused-ring (bicyclic) bond motifs is 2. The van der Waals surface area contributed by atoms with Gasteiger partial charge in [-0.3, -0.25) is 0 Å². The Kier molecular flexibility index (Phi) is 8.18. The van der Waals surface area contributed by atoms with E-state index in [1.807, 2.05) is 69.3 Å². The lowest BCUT2D eigenvalue weighted by atomic mass is 10.1. The van der Waals surface area contributed by atoms with E-state index in [-0.39, 0.29) is 29.9 Å². The Bertz CT molecular complexity index is 1160. The van der Waals surface area contributed by atoms with E-state index in [1.165, 1.54) is 22.7 Å². The number of esters is 1. The molecule has 0 atom stereocenters. The number of carbonyl (C=O) groups is 2. The van der Waals surface area contributed by atoms with Gasteiger partial charge in [-0.2, -0.15) is 0 Å². The maximum Gasteiger partial charge on any atom is 0.348 e. The highest BCUT2D eigenvalue weighted by Crippen LogP contribution is 2.31. The van der Waals surface area contributed by atoms with Crippen molar-refractivity contribution in [2.75, 3.05) is 6.61 Å². The molecule has 0 bridgehead atoms. The number of aryl methyl sites for hydroxylation is 2. The molecule has 2 heterocycles. The largest absolute Gasteiger partial charge is 0.477 e. The van der Waals surface area contributed by atoms with Crippen molar-refractivity contribution in [1.82, 2.24) is 0 Å². The van der Waals surface area contributed by atoms with Crippen LogP contribution in [0.5, 0.6) is 0 Å². The van der Waals surface area contributed by atoms with Crippen molar-refractivity contribution >= 4 is 78.8 Å². The minimum Gasteiger partial charge on any atom is -0.477 e. The van der Waals surface area contributed by atoms with Crippen LogP contribution >= 0.6 is 46.7 Å². The van der Waals surface area contributed by atoms with Crippen LogP contribution in [-0.4, -0.2) is 23.7 Å². The van der Waals surface area contributed by atoms with E-state index in [0.717, 1.165) is 36.2 Å². The fourth-order valence-corrected chi connectivity index (χ4v) is 5.09. The molecule has 0 radical (unpaired) electrons. The molecule has 4 aromatic rings. The predicted molar refractivity (Wildman–Crippen MR) is 131 cm³/mol. The molecule has 0 aliphatic heterocycles. The highest BCUT2D eigenvalue weighted by atomic mass is 127. The fraction of sp³-hybridized carbons (Fsp3) is 0.182. The third-order valence-corrected chi connectivity index (χ3v) is 6.86. The number of aromatic carboxylic acids is 1. The zero-order valence-electron chi connectivity index (χ0n) is 16.2. The van der Waals surface area contributed by atoms with Gasteiger partial charge >= 0.3 is 11.9 Å². The number of benzene rings is 2. The Balaban J connectivity index is 0.000000202. The monoisotopic (exact) mass is 540 g/mol. The van der Waals surface area contributed by atoms with Gasteiger partial charge in [0.25, 0.3) is 0 Å². The van der Waals surface area contributed by atoms with Gasteiger partial charge in [-0.25, -0.2) is 9.59 Å². The molecule has 0 unspecified atom stereocenters. The van der Waals surface area contributed by atoms with Crippen molar-refractivity contribution in [3.05, 3.63) is 69.4 Å². The first-order valence-corrected chi connectivity index (χ1v) is 10.4. The van der Waals surface area contributed by atoms with Gasteiger partial charge in [0.05, 0.1) is 6.61 Å². The molecular formula is C22H21IO4S2. The van der Waals surface area contributed by atoms with E-state index >= 15 is 0 Å². The zero-order valence-corrected chi connectivity index (χ0v) is 20.2. The lowest BCUT2D eigenvalue weighted by Crippen LogP contribution is -2.03. The van der Waals surface area contributed by atoms with Gasteiger partial charge in [0.1, 0.15) is 9.75 Å². The number of rotatable bonds is 3. The number of carboxylic acid groups (broad SMARTS) is 1. The van der Waals surface area contributed by atoms with Gasteiger partial charge in [-0.1, -0.05) is 36.4 Å². The second-order valence-electron chi connectivity index (χ2n) is 6.13. The molecule has 0 saturated heterocycles. The number of hydrogen-bond donors (Lipinski definition) is 1. The summed E-state index contributed by atoms with van der Waals surface area (Å²) in [5.41, 5.74) is 1.89. The highest BCUT2D eigenvalue weighted by molar-refractivity contribution is 14.0. The van der Waals surface area contributed by atoms with Crippen molar-refractivity contribution in [1.29, 1.82) is 0 Å². The van der Waals surface area contributed by atoms with Crippen molar-refractivity contribution in [2.24, 2.45) is 0 Å². The first kappa shape index (κ1) is 23.3. The van der Waals surface area contributed by atoms with Crippen LogP contribution in [0.4, 0.5) is 0 Å². The van der Waals surface area contributed by atoms with E-state index in [4.69, 9.17) is 9.84 Å². The predicted octanol–water partition coefficient (Wildman–Crippen LogP) is 6.91. The molecule has 0 spiro atoms. The Morgan fingerprint density at radius 1 is 0.862 bits per heavy atom. The summed E-state index contributed by atoms with van der Waals surface area (Å²) in [5.74, 6) is -1.05. The molecule has 2 aromatic carbocycles. The molecule has 0 aliphatic rings. The van der Waals surface area contributed by atoms with E-state index in [2.05, 4.69) is 0 Å². The number of thiophene rings is 2. The summed E-state index contributed by atoms with van der Waals surface area (Å²) < 4.78 is 7.19. The molecule has 4 rings (SSSR count). The van der Waals surface area contributed by atoms with Crippen molar-refractivity contribution in [2.45, 2.75) is 20.8 Å². The normalized spacial score (nSPS) is 10.2. The average Bonchev–Trinajstić information content (AvgIpc) is 3.21. The van der Waals surface area contributed by atoms with Crippen LogP contribution in [-0.2, 0) is 4.74 Å². The minimum absolute atomic E-state index is 0. The number of carboxylic acids is 1. The van der Waals surface area contributed by atoms with Gasteiger partial charge in [0.15, 0.2) is 0 Å². The van der Waals surface area contributed by atoms with E-state index in [0.29, 0.717) is 11.5 Å². The smallest absolute Gasteiger partial charge is 0.348 e. The average molecular weight is 540 g/mol. The Labute approximate surface area is 194 Å². The van der Waals surface area contributed by atoms with Crippen LogP contribution in [0.25, 0.3) is 20.2 Å². The van der Waals surface area contributed by atoms with Crippen LogP contribution < -0.4 is 0 Å². The van der Waals surface area contributed by atoms with Crippen LogP contribution in [0.2, 0.25) is 0 Å². The maximum absolute atomic E-state index is 11.6. The van der Waals surface area contributed by atoms with Crippen molar-refractivity contribution < 1.29 is 19.4 Å². The summed E-state index contributed by atoms with van der Waals surface area (Å²) in [6.07, 6.45) is 0. The third kappa shape index (κ3) is 4.96. The highest BCUT2D eigenvalue weighted by Gasteiger charge is 2.15. The molecule has 2 aromatic heterocycles. The molecule has 4 nitrogen and oxygen atoms in total. The van der Waals surface area contributed by atoms with Crippen LogP contribution in [0.15, 0.2) is 48.5 Å². The molecular weight excluding hydrogens is 519 g/mol. The van der Waals surface area contributed by atoms with Gasteiger partial charge in [0.2, 0.25) is 0 Å². The van der Waals surface area contributed by atoms with Crippen molar-refractivity contribution in [3.8, 4) is 0 Å². The summed E-state index contributed by atoms with van der Waals surface area (Å²) in [4.78, 5) is 23.6. The quantitative estimate of drug-likeness (QED) is 0.227. The summed E-state index contributed by atoms with van der Waals surface area (Å²) in [5, 5.41) is 11.1. The summed E-state index contributed by atoms with van der Waals surface area (Å²) in [6.45, 7) is 6.06. The van der Waals surface area contributed by atoms with Crippen LogP contribution in [0.3, 0.4) is 0 Å². The topological polar surface area (TPSA) is 63.6 Å². The van der Waals surface area contributed by atoms with E-state index in [9.17, 15) is 9.59 Å². The first-order chi connectivity index (χ1) is 13.4. The molecule has 0 saturated carbocycles. The molecule has 0 fully saturated rings. The number of halogens is 1. The Hall–Kier alpha value is -1.97. The van der Waals surface area contributed by atoms with Gasteiger partial charge in [-0.05, 0) is 54.8 Å². The van der Waals surface area contributed by atoms with Gasteiger partial charge in [-0.15, -0.1) is 46.7 Å². The molecule has 0 aliphatic carbocycles. The Morgan fingerprint density at radius 3 is 1.76 bits per heavy atom. The molecule has 1 N–H and O–H groups in total. The van der Waals surface area contributed by atoms with Gasteiger partial charge in [0, 0.05) is 9.40 Å². The zero-order chi connectivity index (χ0) is 20.3. The number of ether oxygens (including phenoxy) is 1. The molecule has 152 valence electrons. The van der Waals surface area contributed by atoms with E-state index in [1.54, 1.807) is 0 Å². The number of hydrogen-bond acceptors (Lipinski definition) is 5. The summed E-state index contributed by atoms with van der Waals surface area (Å²) in [7, 11) is 0. The standard InChI is InChI=1S/C12H12O2S.C10H8O2S.HI/c1-3-14-12(13)11-8(2)9-6-4-5-7-10(9)15-11;1-6-7-4-2-3-5-8(7)13-9(6)10(11)12;/h4-7H,3H2,1-2H3;2-5H,1H3,(H,11,12);1H. The van der Waals surface area contributed by atoms with Crippen LogP contribution in [0, 0.1) is 13.8 Å². The lowest BCUT2D eigenvalue weighted by Gasteiger charge is -1.99. The summed E-state index contributed by atoms with van der Waals surface area (Å²) >= 11 is 2.83.